The second-order valence-corrected chi connectivity index (χ2v) is 6.69. The lowest BCUT2D eigenvalue weighted by Gasteiger charge is -2.37. The van der Waals surface area contributed by atoms with Crippen LogP contribution in [0.25, 0.3) is 0 Å². The molecule has 9 heteroatoms. The number of alkyl halides is 3. The largest absolute Gasteiger partial charge is 0.478 e. The molecular weight excluding hydrogens is 403 g/mol. The Morgan fingerprint density at radius 3 is 2.45 bits per heavy atom. The number of halogens is 3. The Morgan fingerprint density at radius 1 is 1.24 bits per heavy atom. The van der Waals surface area contributed by atoms with Crippen LogP contribution in [-0.4, -0.2) is 16.2 Å². The number of carboxylic acids is 1. The normalized spacial score (nSPS) is 17.0. The minimum atomic E-state index is -4.54. The van der Waals surface area contributed by atoms with E-state index in [0.29, 0.717) is 11.1 Å². The van der Waals surface area contributed by atoms with Gasteiger partial charge in [-0.25, -0.2) is 4.79 Å². The molecule has 1 heterocycles. The highest BCUT2D eigenvalue weighted by Gasteiger charge is 2.36. The maximum absolute atomic E-state index is 13.1. The molecule has 0 spiro atoms. The summed E-state index contributed by atoms with van der Waals surface area (Å²) in [4.78, 5) is 13.3. The number of hydrogen-bond acceptors (Lipinski definition) is 3. The average Bonchev–Trinajstić information content (AvgIpc) is 2.67. The Balaban J connectivity index is 2.10. The first-order valence-electron chi connectivity index (χ1n) is 8.35. The molecule has 0 aliphatic carbocycles. The molecule has 0 radical (unpaired) electrons. The number of benzene rings is 2. The van der Waals surface area contributed by atoms with Crippen molar-refractivity contribution in [2.24, 2.45) is 0 Å². The standard InChI is InChI=1S/C20H14F3N3O2S/c1-11-16(18(27)28)17(13-7-5-12(10-24)6-8-13)25-19(29)26(11)15-4-2-3-14(9-15)20(21,22)23/h2-9,17H,1H3,(H,25,29)(H,27,28). The third-order valence-electron chi connectivity index (χ3n) is 4.52. The predicted molar refractivity (Wildman–Crippen MR) is 104 cm³/mol. The van der Waals surface area contributed by atoms with E-state index in [1.807, 2.05) is 6.07 Å². The maximum Gasteiger partial charge on any atom is 0.416 e. The number of aliphatic carboxylic acids is 1. The van der Waals surface area contributed by atoms with Crippen molar-refractivity contribution in [1.82, 2.24) is 5.32 Å². The number of carbonyl (C=O) groups is 1. The van der Waals surface area contributed by atoms with E-state index in [0.717, 1.165) is 12.1 Å². The topological polar surface area (TPSA) is 76.4 Å². The Morgan fingerprint density at radius 2 is 1.90 bits per heavy atom. The molecule has 0 bridgehead atoms. The van der Waals surface area contributed by atoms with Crippen LogP contribution in [-0.2, 0) is 11.0 Å². The highest BCUT2D eigenvalue weighted by Crippen LogP contribution is 2.36. The Kier molecular flexibility index (Phi) is 5.31. The molecule has 148 valence electrons. The third-order valence-corrected chi connectivity index (χ3v) is 4.82. The summed E-state index contributed by atoms with van der Waals surface area (Å²) in [6.45, 7) is 1.49. The van der Waals surface area contributed by atoms with Gasteiger partial charge in [0.2, 0.25) is 0 Å². The van der Waals surface area contributed by atoms with Crippen LogP contribution in [0.2, 0.25) is 0 Å². The summed E-state index contributed by atoms with van der Waals surface area (Å²) in [6, 6.07) is 12.0. The number of nitriles is 1. The van der Waals surface area contributed by atoms with Crippen LogP contribution in [0.1, 0.15) is 29.7 Å². The molecule has 0 saturated carbocycles. The van der Waals surface area contributed by atoms with Crippen molar-refractivity contribution in [1.29, 1.82) is 5.26 Å². The molecule has 29 heavy (non-hydrogen) atoms. The molecule has 2 aromatic carbocycles. The second kappa shape index (κ2) is 7.56. The number of allylic oxidation sites excluding steroid dienone is 1. The van der Waals surface area contributed by atoms with Gasteiger partial charge in [0.25, 0.3) is 0 Å². The van der Waals surface area contributed by atoms with Gasteiger partial charge >= 0.3 is 12.1 Å². The van der Waals surface area contributed by atoms with Gasteiger partial charge in [-0.3, -0.25) is 4.90 Å². The predicted octanol–water partition coefficient (Wildman–Crippen LogP) is 4.37. The van der Waals surface area contributed by atoms with Crippen LogP contribution >= 0.6 is 12.2 Å². The lowest BCUT2D eigenvalue weighted by atomic mass is 9.94. The van der Waals surface area contributed by atoms with Gasteiger partial charge in [-0.2, -0.15) is 18.4 Å². The van der Waals surface area contributed by atoms with Gasteiger partial charge in [-0.15, -0.1) is 0 Å². The van der Waals surface area contributed by atoms with Crippen molar-refractivity contribution < 1.29 is 23.1 Å². The molecule has 1 aliphatic heterocycles. The van der Waals surface area contributed by atoms with E-state index in [4.69, 9.17) is 17.5 Å². The molecule has 0 fully saturated rings. The van der Waals surface area contributed by atoms with Crippen LogP contribution in [0, 0.1) is 11.3 Å². The number of carboxylic acid groups (broad SMARTS) is 1. The summed E-state index contributed by atoms with van der Waals surface area (Å²) in [5.41, 5.74) is 0.362. The minimum Gasteiger partial charge on any atom is -0.478 e. The van der Waals surface area contributed by atoms with E-state index in [9.17, 15) is 23.1 Å². The first-order valence-corrected chi connectivity index (χ1v) is 8.76. The summed E-state index contributed by atoms with van der Waals surface area (Å²) < 4.78 is 39.3. The fourth-order valence-corrected chi connectivity index (χ4v) is 3.51. The fourth-order valence-electron chi connectivity index (χ4n) is 3.15. The van der Waals surface area contributed by atoms with Gasteiger partial charge < -0.3 is 10.4 Å². The fraction of sp³-hybridized carbons (Fsp3) is 0.150. The molecule has 0 amide bonds. The molecule has 5 nitrogen and oxygen atoms in total. The molecule has 3 rings (SSSR count). The summed E-state index contributed by atoms with van der Waals surface area (Å²) in [6.07, 6.45) is -4.54. The van der Waals surface area contributed by atoms with Crippen LogP contribution in [0.3, 0.4) is 0 Å². The molecule has 2 aromatic rings. The first-order chi connectivity index (χ1) is 13.6. The number of hydrogen-bond donors (Lipinski definition) is 2. The molecule has 1 unspecified atom stereocenters. The zero-order valence-electron chi connectivity index (χ0n) is 15.0. The number of nitrogens with zero attached hydrogens (tertiary/aromatic N) is 2. The van der Waals surface area contributed by atoms with E-state index < -0.39 is 23.8 Å². The molecular formula is C20H14F3N3O2S. The SMILES string of the molecule is CC1=C(C(=O)O)C(c2ccc(C#N)cc2)NC(=S)N1c1cccc(C(F)(F)F)c1. The lowest BCUT2D eigenvalue weighted by molar-refractivity contribution is -0.137. The number of anilines is 1. The third kappa shape index (κ3) is 3.93. The van der Waals surface area contributed by atoms with Crippen molar-refractivity contribution >= 4 is 29.0 Å². The Bertz CT molecular complexity index is 1060. The molecule has 1 aliphatic rings. The minimum absolute atomic E-state index is 0.0549. The smallest absolute Gasteiger partial charge is 0.416 e. The lowest BCUT2D eigenvalue weighted by Crippen LogP contribution is -2.47. The zero-order valence-corrected chi connectivity index (χ0v) is 15.8. The van der Waals surface area contributed by atoms with E-state index in [1.54, 1.807) is 24.3 Å². The molecule has 0 saturated heterocycles. The number of rotatable bonds is 3. The number of thiocarbonyl (C=S) groups is 1. The van der Waals surface area contributed by atoms with Gasteiger partial charge in [0.1, 0.15) is 0 Å². The Hall–Kier alpha value is -3.38. The zero-order chi connectivity index (χ0) is 21.3. The summed E-state index contributed by atoms with van der Waals surface area (Å²) >= 11 is 5.34. The first kappa shape index (κ1) is 20.4. The molecule has 0 aromatic heterocycles. The average molecular weight is 417 g/mol. The molecule has 2 N–H and O–H groups in total. The van der Waals surface area contributed by atoms with Crippen molar-refractivity contribution in [3.63, 3.8) is 0 Å². The van der Waals surface area contributed by atoms with Crippen molar-refractivity contribution in [2.45, 2.75) is 19.1 Å². The molecule has 1 atom stereocenters. The highest BCUT2D eigenvalue weighted by molar-refractivity contribution is 7.80. The summed E-state index contributed by atoms with van der Waals surface area (Å²) in [7, 11) is 0. The van der Waals surface area contributed by atoms with E-state index in [2.05, 4.69) is 5.32 Å². The highest BCUT2D eigenvalue weighted by atomic mass is 32.1. The van der Waals surface area contributed by atoms with Crippen LogP contribution in [0.4, 0.5) is 18.9 Å². The van der Waals surface area contributed by atoms with E-state index in [-0.39, 0.29) is 22.1 Å². The van der Waals surface area contributed by atoms with E-state index >= 15 is 0 Å². The summed E-state index contributed by atoms with van der Waals surface area (Å²) in [5.74, 6) is -1.23. The monoisotopic (exact) mass is 417 g/mol. The van der Waals surface area contributed by atoms with Crippen LogP contribution in [0.15, 0.2) is 59.8 Å². The van der Waals surface area contributed by atoms with Crippen LogP contribution < -0.4 is 10.2 Å². The maximum atomic E-state index is 13.1. The second-order valence-electron chi connectivity index (χ2n) is 6.30. The van der Waals surface area contributed by atoms with Crippen molar-refractivity contribution in [3.05, 3.63) is 76.5 Å². The van der Waals surface area contributed by atoms with Crippen LogP contribution in [0.5, 0.6) is 0 Å². The quantitative estimate of drug-likeness (QED) is 0.723. The Labute approximate surface area is 169 Å². The van der Waals surface area contributed by atoms with Gasteiger partial charge in [0.05, 0.1) is 28.8 Å². The summed E-state index contributed by atoms with van der Waals surface area (Å²) in [5, 5.41) is 21.7. The van der Waals surface area contributed by atoms with E-state index in [1.165, 1.54) is 24.0 Å². The van der Waals surface area contributed by atoms with Crippen molar-refractivity contribution in [3.8, 4) is 6.07 Å². The van der Waals surface area contributed by atoms with Gasteiger partial charge in [-0.05, 0) is 55.0 Å². The van der Waals surface area contributed by atoms with Gasteiger partial charge in [-0.1, -0.05) is 18.2 Å². The van der Waals surface area contributed by atoms with Crippen molar-refractivity contribution in [2.75, 3.05) is 4.90 Å². The number of nitrogens with one attached hydrogen (secondary N) is 1. The van der Waals surface area contributed by atoms with Gasteiger partial charge in [0.15, 0.2) is 5.11 Å². The van der Waals surface area contributed by atoms with Gasteiger partial charge in [0, 0.05) is 11.4 Å².